The second-order valence-corrected chi connectivity index (χ2v) is 5.13. The summed E-state index contributed by atoms with van der Waals surface area (Å²) in [6.07, 6.45) is 4.96. The van der Waals surface area contributed by atoms with Crippen LogP contribution in [0.5, 0.6) is 0 Å². The fraction of sp³-hybridized carbons (Fsp3) is 0.333. The van der Waals surface area contributed by atoms with Crippen LogP contribution in [0.3, 0.4) is 0 Å². The first kappa shape index (κ1) is 14.9. The van der Waals surface area contributed by atoms with E-state index in [2.05, 4.69) is 55.5 Å². The van der Waals surface area contributed by atoms with E-state index in [0.29, 0.717) is 0 Å². The van der Waals surface area contributed by atoms with Crippen LogP contribution in [0.15, 0.2) is 60.7 Å². The lowest BCUT2D eigenvalue weighted by atomic mass is 9.55. The Kier molecular flexibility index (Phi) is 6.39. The Balaban J connectivity index is 2.02. The third-order valence-electron chi connectivity index (χ3n) is 3.49. The number of hydrogen-bond acceptors (Lipinski definition) is 1. The van der Waals surface area contributed by atoms with E-state index in [1.807, 2.05) is 12.1 Å². The average Bonchev–Trinajstić information content (AvgIpc) is 2.53. The van der Waals surface area contributed by atoms with Gasteiger partial charge in [0.1, 0.15) is 0 Å². The maximum atomic E-state index is 6.16. The second kappa shape index (κ2) is 8.60. The summed E-state index contributed by atoms with van der Waals surface area (Å²) in [4.78, 5) is 0. The van der Waals surface area contributed by atoms with Crippen LogP contribution >= 0.6 is 0 Å². The van der Waals surface area contributed by atoms with E-state index in [1.165, 1.54) is 30.2 Å². The third-order valence-corrected chi connectivity index (χ3v) is 3.49. The normalized spacial score (nSPS) is 10.4. The minimum atomic E-state index is 0.0547. The van der Waals surface area contributed by atoms with Gasteiger partial charge >= 0.3 is 6.92 Å². The van der Waals surface area contributed by atoms with Gasteiger partial charge in [-0.2, -0.15) is 0 Å². The van der Waals surface area contributed by atoms with Gasteiger partial charge in [0.25, 0.3) is 0 Å². The van der Waals surface area contributed by atoms with Gasteiger partial charge in [0.2, 0.25) is 0 Å². The Morgan fingerprint density at radius 3 is 1.80 bits per heavy atom. The molecule has 2 heteroatoms. The van der Waals surface area contributed by atoms with Crippen molar-refractivity contribution < 1.29 is 4.65 Å². The Hall–Kier alpha value is -1.54. The van der Waals surface area contributed by atoms with Crippen molar-refractivity contribution in [2.45, 2.75) is 32.6 Å². The third kappa shape index (κ3) is 4.54. The highest BCUT2D eigenvalue weighted by molar-refractivity contribution is 6.80. The van der Waals surface area contributed by atoms with Crippen LogP contribution in [0.2, 0.25) is 0 Å². The zero-order valence-electron chi connectivity index (χ0n) is 12.3. The Morgan fingerprint density at radius 2 is 1.30 bits per heavy atom. The van der Waals surface area contributed by atoms with E-state index in [0.717, 1.165) is 13.0 Å². The molecule has 0 heterocycles. The smallest absolute Gasteiger partial charge is 0.361 e. The highest BCUT2D eigenvalue weighted by atomic mass is 16.4. The minimum absolute atomic E-state index is 0.0547. The maximum absolute atomic E-state index is 6.16. The molecule has 2 aromatic rings. The Bertz CT molecular complexity index is 430. The molecule has 0 aromatic heterocycles. The van der Waals surface area contributed by atoms with Gasteiger partial charge in [-0.15, -0.1) is 0 Å². The molecule has 0 atom stereocenters. The van der Waals surface area contributed by atoms with Gasteiger partial charge in [0.15, 0.2) is 0 Å². The van der Waals surface area contributed by atoms with E-state index in [1.54, 1.807) is 0 Å². The van der Waals surface area contributed by atoms with Crippen molar-refractivity contribution in [1.82, 2.24) is 0 Å². The standard InChI is InChI=1S/C18H23BO/c1-2-3-4-11-16-20-19(17-12-7-5-8-13-17)18-14-9-6-10-15-18/h5-10,12-15H,2-4,11,16H2,1H3. The van der Waals surface area contributed by atoms with Gasteiger partial charge in [-0.3, -0.25) is 0 Å². The topological polar surface area (TPSA) is 9.23 Å². The summed E-state index contributed by atoms with van der Waals surface area (Å²) in [7, 11) is 0. The lowest BCUT2D eigenvalue weighted by Gasteiger charge is -2.15. The molecule has 0 spiro atoms. The molecule has 0 N–H and O–H groups in total. The molecule has 0 saturated carbocycles. The molecule has 0 aliphatic heterocycles. The molecule has 2 aromatic carbocycles. The van der Waals surface area contributed by atoms with Crippen molar-refractivity contribution in [3.63, 3.8) is 0 Å². The average molecular weight is 266 g/mol. The summed E-state index contributed by atoms with van der Waals surface area (Å²) in [6.45, 7) is 3.12. The lowest BCUT2D eigenvalue weighted by Crippen LogP contribution is -2.45. The first-order valence-corrected chi connectivity index (χ1v) is 7.63. The van der Waals surface area contributed by atoms with E-state index < -0.39 is 0 Å². The zero-order valence-corrected chi connectivity index (χ0v) is 12.3. The number of unbranched alkanes of at least 4 members (excludes halogenated alkanes) is 3. The molecule has 0 amide bonds. The van der Waals surface area contributed by atoms with Crippen molar-refractivity contribution in [2.24, 2.45) is 0 Å². The predicted octanol–water partition coefficient (Wildman–Crippen LogP) is 3.39. The van der Waals surface area contributed by atoms with Crippen LogP contribution in [-0.2, 0) is 4.65 Å². The Morgan fingerprint density at radius 1 is 0.750 bits per heavy atom. The van der Waals surface area contributed by atoms with Crippen molar-refractivity contribution in [1.29, 1.82) is 0 Å². The quantitative estimate of drug-likeness (QED) is 0.525. The molecule has 0 fully saturated rings. The first-order chi connectivity index (χ1) is 9.92. The van der Waals surface area contributed by atoms with E-state index in [4.69, 9.17) is 4.65 Å². The molecule has 0 aliphatic carbocycles. The van der Waals surface area contributed by atoms with Crippen LogP contribution in [0, 0.1) is 0 Å². The molecular formula is C18H23BO. The van der Waals surface area contributed by atoms with E-state index in [9.17, 15) is 0 Å². The van der Waals surface area contributed by atoms with Crippen molar-refractivity contribution in [3.05, 3.63) is 60.7 Å². The van der Waals surface area contributed by atoms with Crippen molar-refractivity contribution in [2.75, 3.05) is 6.61 Å². The molecule has 0 bridgehead atoms. The number of rotatable bonds is 8. The molecule has 0 saturated heterocycles. The Labute approximate surface area is 123 Å². The SMILES string of the molecule is CCCCCCOB(c1ccccc1)c1ccccc1. The molecule has 1 nitrogen and oxygen atoms in total. The molecule has 2 rings (SSSR count). The minimum Gasteiger partial charge on any atom is -0.427 e. The summed E-state index contributed by atoms with van der Waals surface area (Å²) in [5.41, 5.74) is 2.46. The van der Waals surface area contributed by atoms with E-state index >= 15 is 0 Å². The van der Waals surface area contributed by atoms with Crippen molar-refractivity contribution in [3.8, 4) is 0 Å². The van der Waals surface area contributed by atoms with Crippen LogP contribution in [-0.4, -0.2) is 13.5 Å². The summed E-state index contributed by atoms with van der Waals surface area (Å²) >= 11 is 0. The molecule has 0 unspecified atom stereocenters. The highest BCUT2D eigenvalue weighted by Gasteiger charge is 2.20. The highest BCUT2D eigenvalue weighted by Crippen LogP contribution is 2.01. The molecule has 0 aliphatic rings. The second-order valence-electron chi connectivity index (χ2n) is 5.13. The molecule has 104 valence electrons. The summed E-state index contributed by atoms with van der Waals surface area (Å²) in [5.74, 6) is 0. The van der Waals surface area contributed by atoms with Crippen LogP contribution < -0.4 is 10.9 Å². The van der Waals surface area contributed by atoms with Gasteiger partial charge in [-0.25, -0.2) is 0 Å². The van der Waals surface area contributed by atoms with Gasteiger partial charge < -0.3 is 4.65 Å². The van der Waals surface area contributed by atoms with Gasteiger partial charge in [-0.05, 0) is 17.3 Å². The fourth-order valence-electron chi connectivity index (χ4n) is 2.37. The summed E-state index contributed by atoms with van der Waals surface area (Å²) in [5, 5.41) is 0. The van der Waals surface area contributed by atoms with Crippen molar-refractivity contribution >= 4 is 17.8 Å². The number of benzene rings is 2. The van der Waals surface area contributed by atoms with Crippen LogP contribution in [0.1, 0.15) is 32.6 Å². The fourth-order valence-corrected chi connectivity index (χ4v) is 2.37. The van der Waals surface area contributed by atoms with Gasteiger partial charge in [0, 0.05) is 6.61 Å². The van der Waals surface area contributed by atoms with Crippen LogP contribution in [0.4, 0.5) is 0 Å². The van der Waals surface area contributed by atoms with Gasteiger partial charge in [0.05, 0.1) is 0 Å². The summed E-state index contributed by atoms with van der Waals surface area (Å²) in [6, 6.07) is 21.0. The monoisotopic (exact) mass is 266 g/mol. The molecule has 0 radical (unpaired) electrons. The predicted molar refractivity (Wildman–Crippen MR) is 88.0 cm³/mol. The maximum Gasteiger partial charge on any atom is 0.361 e. The summed E-state index contributed by atoms with van der Waals surface area (Å²) < 4.78 is 6.16. The molecular weight excluding hydrogens is 243 g/mol. The molecule has 20 heavy (non-hydrogen) atoms. The largest absolute Gasteiger partial charge is 0.427 e. The zero-order chi connectivity index (χ0) is 14.0. The number of hydrogen-bond donors (Lipinski definition) is 0. The van der Waals surface area contributed by atoms with E-state index in [-0.39, 0.29) is 6.92 Å². The van der Waals surface area contributed by atoms with Gasteiger partial charge in [-0.1, -0.05) is 86.8 Å². The van der Waals surface area contributed by atoms with Crippen LogP contribution in [0.25, 0.3) is 0 Å². The first-order valence-electron chi connectivity index (χ1n) is 7.63. The lowest BCUT2D eigenvalue weighted by molar-refractivity contribution is 0.319.